The monoisotopic (exact) mass is 253 g/mol. The molecular weight excluding hydrogens is 238 g/mol. The minimum atomic E-state index is -1.18. The first-order valence-corrected chi connectivity index (χ1v) is 5.65. The van der Waals surface area contributed by atoms with E-state index in [-0.39, 0.29) is 18.7 Å². The number of carboxylic acid groups (broad SMARTS) is 1. The van der Waals surface area contributed by atoms with E-state index in [2.05, 4.69) is 10.6 Å². The normalized spacial score (nSPS) is 21.6. The van der Waals surface area contributed by atoms with Crippen molar-refractivity contribution < 1.29 is 19.5 Å². The number of carboxylic acids is 1. The molecular formula is C11H15N3O4. The summed E-state index contributed by atoms with van der Waals surface area (Å²) in [5.41, 5.74) is 0. The Morgan fingerprint density at radius 2 is 2.33 bits per heavy atom. The number of nitrogens with zero attached hydrogens (tertiary/aromatic N) is 1. The van der Waals surface area contributed by atoms with Gasteiger partial charge in [0.2, 0.25) is 11.8 Å². The lowest BCUT2D eigenvalue weighted by molar-refractivity contribution is -0.143. The molecule has 98 valence electrons. The molecule has 1 rings (SSSR count). The van der Waals surface area contributed by atoms with E-state index < -0.39 is 29.9 Å². The van der Waals surface area contributed by atoms with Crippen LogP contribution in [0.4, 0.5) is 0 Å². The predicted molar refractivity (Wildman–Crippen MR) is 60.1 cm³/mol. The zero-order valence-corrected chi connectivity index (χ0v) is 9.97. The van der Waals surface area contributed by atoms with Crippen LogP contribution in [0.25, 0.3) is 0 Å². The fourth-order valence-electron chi connectivity index (χ4n) is 1.77. The summed E-state index contributed by atoms with van der Waals surface area (Å²) >= 11 is 0. The van der Waals surface area contributed by atoms with Crippen LogP contribution in [0.2, 0.25) is 0 Å². The number of nitrogens with one attached hydrogen (secondary N) is 2. The van der Waals surface area contributed by atoms with Crippen LogP contribution < -0.4 is 10.6 Å². The van der Waals surface area contributed by atoms with Crippen LogP contribution in [0, 0.1) is 17.2 Å². The second-order valence-corrected chi connectivity index (χ2v) is 4.32. The summed E-state index contributed by atoms with van der Waals surface area (Å²) in [5.74, 6) is -2.41. The van der Waals surface area contributed by atoms with E-state index in [4.69, 9.17) is 10.4 Å². The van der Waals surface area contributed by atoms with Gasteiger partial charge in [-0.3, -0.25) is 9.59 Å². The quantitative estimate of drug-likeness (QED) is 0.603. The van der Waals surface area contributed by atoms with Crippen LogP contribution in [-0.2, 0) is 14.4 Å². The first-order valence-electron chi connectivity index (χ1n) is 5.65. The number of rotatable bonds is 5. The Balaban J connectivity index is 2.61. The molecule has 2 amide bonds. The van der Waals surface area contributed by atoms with Gasteiger partial charge in [-0.1, -0.05) is 6.92 Å². The molecule has 1 aliphatic heterocycles. The Hall–Kier alpha value is -2.10. The van der Waals surface area contributed by atoms with Crippen molar-refractivity contribution >= 4 is 17.8 Å². The molecule has 0 bridgehead atoms. The van der Waals surface area contributed by atoms with Crippen molar-refractivity contribution in [1.29, 1.82) is 5.26 Å². The minimum absolute atomic E-state index is 0.0360. The van der Waals surface area contributed by atoms with Crippen LogP contribution in [-0.4, -0.2) is 35.0 Å². The van der Waals surface area contributed by atoms with E-state index in [0.29, 0.717) is 6.42 Å². The number of carbonyl (C=O) groups excluding carboxylic acids is 2. The summed E-state index contributed by atoms with van der Waals surface area (Å²) in [6.45, 7) is 1.58. The van der Waals surface area contributed by atoms with Gasteiger partial charge in [0.15, 0.2) is 0 Å². The molecule has 0 saturated carbocycles. The van der Waals surface area contributed by atoms with E-state index in [0.717, 1.165) is 0 Å². The highest BCUT2D eigenvalue weighted by Crippen LogP contribution is 2.11. The molecule has 0 aromatic rings. The summed E-state index contributed by atoms with van der Waals surface area (Å²) in [4.78, 5) is 33.7. The molecule has 1 fully saturated rings. The second-order valence-electron chi connectivity index (χ2n) is 4.32. The number of aliphatic carboxylic acids is 1. The van der Waals surface area contributed by atoms with Gasteiger partial charge in [-0.15, -0.1) is 0 Å². The third kappa shape index (κ3) is 3.45. The van der Waals surface area contributed by atoms with Crippen molar-refractivity contribution in [3.05, 3.63) is 0 Å². The van der Waals surface area contributed by atoms with Crippen molar-refractivity contribution in [2.75, 3.05) is 0 Å². The lowest BCUT2D eigenvalue weighted by Crippen LogP contribution is -2.51. The molecule has 7 heteroatoms. The molecule has 18 heavy (non-hydrogen) atoms. The molecule has 0 aliphatic carbocycles. The summed E-state index contributed by atoms with van der Waals surface area (Å²) in [7, 11) is 0. The number of hydrogen-bond donors (Lipinski definition) is 3. The maximum atomic E-state index is 11.7. The summed E-state index contributed by atoms with van der Waals surface area (Å²) in [6.07, 6.45) is 0.668. The van der Waals surface area contributed by atoms with Crippen molar-refractivity contribution in [2.24, 2.45) is 5.92 Å². The highest BCUT2D eigenvalue weighted by molar-refractivity contribution is 5.92. The van der Waals surface area contributed by atoms with Crippen molar-refractivity contribution in [1.82, 2.24) is 10.6 Å². The molecule has 1 aliphatic rings. The molecule has 1 saturated heterocycles. The van der Waals surface area contributed by atoms with Crippen LogP contribution in [0.3, 0.4) is 0 Å². The second kappa shape index (κ2) is 6.00. The van der Waals surface area contributed by atoms with E-state index >= 15 is 0 Å². The van der Waals surface area contributed by atoms with Crippen molar-refractivity contribution in [3.63, 3.8) is 0 Å². The Kier molecular flexibility index (Phi) is 4.66. The Morgan fingerprint density at radius 1 is 1.67 bits per heavy atom. The fourth-order valence-corrected chi connectivity index (χ4v) is 1.77. The first-order chi connectivity index (χ1) is 8.45. The summed E-state index contributed by atoms with van der Waals surface area (Å²) in [5, 5.41) is 22.4. The fraction of sp³-hybridized carbons (Fsp3) is 0.636. The molecule has 0 unspecified atom stereocenters. The Morgan fingerprint density at radius 3 is 2.78 bits per heavy atom. The van der Waals surface area contributed by atoms with E-state index in [1.807, 2.05) is 6.07 Å². The van der Waals surface area contributed by atoms with Gasteiger partial charge >= 0.3 is 5.97 Å². The Labute approximate surface area is 104 Å². The van der Waals surface area contributed by atoms with Gasteiger partial charge in [-0.2, -0.15) is 5.26 Å². The van der Waals surface area contributed by atoms with Gasteiger partial charge in [-0.05, 0) is 6.42 Å². The van der Waals surface area contributed by atoms with Crippen LogP contribution >= 0.6 is 0 Å². The standard InChI is InChI=1S/C11H15N3O4/c1-6(4-5-12)9(11(17)18)14-10(16)7-2-3-8(15)13-7/h6-7,9H,2-4H2,1H3,(H,13,15)(H,14,16)(H,17,18)/t6-,7-,9+/m0/s1. The van der Waals surface area contributed by atoms with Gasteiger partial charge in [0.05, 0.1) is 6.07 Å². The average Bonchev–Trinajstić information content (AvgIpc) is 2.72. The van der Waals surface area contributed by atoms with Crippen molar-refractivity contribution in [3.8, 4) is 6.07 Å². The Bertz CT molecular complexity index is 402. The van der Waals surface area contributed by atoms with Gasteiger partial charge in [0, 0.05) is 18.8 Å². The SMILES string of the molecule is C[C@@H](CC#N)[C@@H](NC(=O)[C@@H]1CCC(=O)N1)C(=O)O. The van der Waals surface area contributed by atoms with Gasteiger partial charge in [-0.25, -0.2) is 4.79 Å². The van der Waals surface area contributed by atoms with E-state index in [1.165, 1.54) is 0 Å². The third-order valence-corrected chi connectivity index (χ3v) is 2.86. The molecule has 3 atom stereocenters. The number of nitriles is 1. The zero-order chi connectivity index (χ0) is 13.7. The molecule has 0 radical (unpaired) electrons. The largest absolute Gasteiger partial charge is 0.480 e. The van der Waals surface area contributed by atoms with E-state index in [1.54, 1.807) is 6.92 Å². The van der Waals surface area contributed by atoms with E-state index in [9.17, 15) is 14.4 Å². The maximum absolute atomic E-state index is 11.7. The number of hydrogen-bond acceptors (Lipinski definition) is 4. The molecule has 0 aromatic carbocycles. The smallest absolute Gasteiger partial charge is 0.326 e. The topological polar surface area (TPSA) is 119 Å². The number of amides is 2. The molecule has 3 N–H and O–H groups in total. The highest BCUT2D eigenvalue weighted by Gasteiger charge is 2.32. The maximum Gasteiger partial charge on any atom is 0.326 e. The molecule has 0 spiro atoms. The van der Waals surface area contributed by atoms with Gasteiger partial charge in [0.1, 0.15) is 12.1 Å². The summed E-state index contributed by atoms with van der Waals surface area (Å²) < 4.78 is 0. The minimum Gasteiger partial charge on any atom is -0.480 e. The predicted octanol–water partition coefficient (Wildman–Crippen LogP) is -0.616. The molecule has 7 nitrogen and oxygen atoms in total. The zero-order valence-electron chi connectivity index (χ0n) is 9.97. The van der Waals surface area contributed by atoms with Gasteiger partial charge < -0.3 is 15.7 Å². The van der Waals surface area contributed by atoms with Crippen LogP contribution in [0.5, 0.6) is 0 Å². The first kappa shape index (κ1) is 14.0. The summed E-state index contributed by atoms with van der Waals surface area (Å²) in [6, 6.07) is 0.0797. The van der Waals surface area contributed by atoms with Gasteiger partial charge in [0.25, 0.3) is 0 Å². The highest BCUT2D eigenvalue weighted by atomic mass is 16.4. The number of carbonyl (C=O) groups is 3. The van der Waals surface area contributed by atoms with Crippen molar-refractivity contribution in [2.45, 2.75) is 38.3 Å². The van der Waals surface area contributed by atoms with Crippen LogP contribution in [0.15, 0.2) is 0 Å². The average molecular weight is 253 g/mol. The lowest BCUT2D eigenvalue weighted by atomic mass is 9.98. The third-order valence-electron chi connectivity index (χ3n) is 2.86. The lowest BCUT2D eigenvalue weighted by Gasteiger charge is -2.21. The van der Waals surface area contributed by atoms with Crippen LogP contribution in [0.1, 0.15) is 26.2 Å². The molecule has 0 aromatic heterocycles. The molecule has 1 heterocycles.